The Hall–Kier alpha value is -0.850. The van der Waals surface area contributed by atoms with Crippen LogP contribution in [0.2, 0.25) is 5.02 Å². The van der Waals surface area contributed by atoms with Crippen LogP contribution in [0.25, 0.3) is 0 Å². The smallest absolute Gasteiger partial charge is 0.0990 e. The van der Waals surface area contributed by atoms with Gasteiger partial charge in [-0.15, -0.1) is 0 Å². The molecule has 0 saturated carbocycles. The number of halogens is 1. The first kappa shape index (κ1) is 15.5. The molecular weight excluding hydrogens is 280 g/mol. The van der Waals surface area contributed by atoms with Crippen molar-refractivity contribution < 1.29 is 14.9 Å². The SMILES string of the molecule is COCCNCc1cc(Cl)ccc1N1CC(O)C(O)C1. The van der Waals surface area contributed by atoms with Crippen molar-refractivity contribution >= 4 is 17.3 Å². The highest BCUT2D eigenvalue weighted by Gasteiger charge is 2.30. The van der Waals surface area contributed by atoms with E-state index >= 15 is 0 Å². The number of β-amino-alcohol motifs (C(OH)–C–C–N with tert-alkyl or cyclic N) is 2. The van der Waals surface area contributed by atoms with Gasteiger partial charge < -0.3 is 25.2 Å². The first-order valence-corrected chi connectivity index (χ1v) is 7.08. The van der Waals surface area contributed by atoms with E-state index in [1.807, 2.05) is 23.1 Å². The van der Waals surface area contributed by atoms with E-state index in [-0.39, 0.29) is 0 Å². The van der Waals surface area contributed by atoms with Gasteiger partial charge in [0.25, 0.3) is 0 Å². The van der Waals surface area contributed by atoms with Gasteiger partial charge >= 0.3 is 0 Å². The van der Waals surface area contributed by atoms with E-state index in [4.69, 9.17) is 16.3 Å². The van der Waals surface area contributed by atoms with Gasteiger partial charge in [-0.3, -0.25) is 0 Å². The van der Waals surface area contributed by atoms with Crippen molar-refractivity contribution in [3.8, 4) is 0 Å². The van der Waals surface area contributed by atoms with Gasteiger partial charge in [0.15, 0.2) is 0 Å². The van der Waals surface area contributed by atoms with Crippen molar-refractivity contribution in [1.82, 2.24) is 5.32 Å². The number of rotatable bonds is 6. The van der Waals surface area contributed by atoms with E-state index in [0.717, 1.165) is 17.8 Å². The van der Waals surface area contributed by atoms with Crippen LogP contribution in [0.3, 0.4) is 0 Å². The van der Waals surface area contributed by atoms with E-state index in [1.54, 1.807) is 7.11 Å². The summed E-state index contributed by atoms with van der Waals surface area (Å²) in [6, 6.07) is 5.67. The third-order valence-corrected chi connectivity index (χ3v) is 3.67. The lowest BCUT2D eigenvalue weighted by Gasteiger charge is -2.22. The third kappa shape index (κ3) is 3.84. The Bertz CT molecular complexity index is 434. The molecule has 1 saturated heterocycles. The Balaban J connectivity index is 2.07. The average Bonchev–Trinajstić information content (AvgIpc) is 2.75. The number of hydrogen-bond acceptors (Lipinski definition) is 5. The lowest BCUT2D eigenvalue weighted by atomic mass is 10.1. The van der Waals surface area contributed by atoms with E-state index in [1.165, 1.54) is 0 Å². The first-order chi connectivity index (χ1) is 9.61. The molecule has 2 atom stereocenters. The minimum absolute atomic E-state index is 0.438. The molecule has 20 heavy (non-hydrogen) atoms. The number of benzene rings is 1. The van der Waals surface area contributed by atoms with Crippen LogP contribution in [-0.4, -0.2) is 55.8 Å². The summed E-state index contributed by atoms with van der Waals surface area (Å²) in [6.07, 6.45) is -1.39. The third-order valence-electron chi connectivity index (χ3n) is 3.44. The Morgan fingerprint density at radius 1 is 1.35 bits per heavy atom. The number of ether oxygens (including phenoxy) is 1. The van der Waals surface area contributed by atoms with Gasteiger partial charge in [-0.25, -0.2) is 0 Å². The van der Waals surface area contributed by atoms with Crippen LogP contribution in [0, 0.1) is 0 Å². The normalized spacial score (nSPS) is 22.5. The topological polar surface area (TPSA) is 65.0 Å². The van der Waals surface area contributed by atoms with E-state index in [0.29, 0.717) is 31.3 Å². The quantitative estimate of drug-likeness (QED) is 0.672. The molecule has 0 aliphatic carbocycles. The summed E-state index contributed by atoms with van der Waals surface area (Å²) in [5.41, 5.74) is 2.05. The second kappa shape index (κ2) is 7.24. The predicted molar refractivity (Wildman–Crippen MR) is 79.3 cm³/mol. The molecule has 2 unspecified atom stereocenters. The highest BCUT2D eigenvalue weighted by Crippen LogP contribution is 2.27. The molecule has 0 bridgehead atoms. The summed E-state index contributed by atoms with van der Waals surface area (Å²) in [4.78, 5) is 1.99. The molecule has 1 aliphatic rings. The molecule has 1 aromatic carbocycles. The van der Waals surface area contributed by atoms with E-state index in [9.17, 15) is 10.2 Å². The maximum atomic E-state index is 9.67. The fraction of sp³-hybridized carbons (Fsp3) is 0.571. The second-order valence-electron chi connectivity index (χ2n) is 4.98. The zero-order valence-electron chi connectivity index (χ0n) is 11.6. The first-order valence-electron chi connectivity index (χ1n) is 6.71. The summed E-state index contributed by atoms with van der Waals surface area (Å²) in [6.45, 7) is 2.95. The Morgan fingerprint density at radius 2 is 2.05 bits per heavy atom. The van der Waals surface area contributed by atoms with Crippen molar-refractivity contribution in [1.29, 1.82) is 0 Å². The van der Waals surface area contributed by atoms with Gasteiger partial charge in [-0.05, 0) is 23.8 Å². The maximum Gasteiger partial charge on any atom is 0.0990 e. The molecule has 1 aromatic rings. The monoisotopic (exact) mass is 300 g/mol. The lowest BCUT2D eigenvalue weighted by molar-refractivity contribution is 0.0572. The van der Waals surface area contributed by atoms with Crippen molar-refractivity contribution in [2.75, 3.05) is 38.3 Å². The van der Waals surface area contributed by atoms with Gasteiger partial charge in [0, 0.05) is 44.0 Å². The minimum atomic E-state index is -0.694. The number of nitrogens with zero attached hydrogens (tertiary/aromatic N) is 1. The molecule has 0 radical (unpaired) electrons. The van der Waals surface area contributed by atoms with E-state index < -0.39 is 12.2 Å². The molecular formula is C14H21ClN2O3. The summed E-state index contributed by atoms with van der Waals surface area (Å²) >= 11 is 6.05. The number of aliphatic hydroxyl groups is 2. The second-order valence-corrected chi connectivity index (χ2v) is 5.42. The Morgan fingerprint density at radius 3 is 2.70 bits per heavy atom. The molecule has 3 N–H and O–H groups in total. The van der Waals surface area contributed by atoms with Crippen molar-refractivity contribution in [3.63, 3.8) is 0 Å². The Labute approximate surface area is 124 Å². The van der Waals surface area contributed by atoms with Crippen molar-refractivity contribution in [2.24, 2.45) is 0 Å². The van der Waals surface area contributed by atoms with Crippen LogP contribution in [-0.2, 0) is 11.3 Å². The molecule has 2 rings (SSSR count). The summed E-state index contributed by atoms with van der Waals surface area (Å²) in [5.74, 6) is 0. The molecule has 1 heterocycles. The van der Waals surface area contributed by atoms with Gasteiger partial charge in [-0.2, -0.15) is 0 Å². The Kier molecular flexibility index (Phi) is 5.63. The molecule has 0 spiro atoms. The van der Waals surface area contributed by atoms with Crippen LogP contribution in [0.5, 0.6) is 0 Å². The van der Waals surface area contributed by atoms with Gasteiger partial charge in [-0.1, -0.05) is 11.6 Å². The summed E-state index contributed by atoms with van der Waals surface area (Å²) < 4.78 is 5.00. The fourth-order valence-corrected chi connectivity index (χ4v) is 2.56. The standard InChI is InChI=1S/C14H21ClN2O3/c1-20-5-4-16-7-10-6-11(15)2-3-12(10)17-8-13(18)14(19)9-17/h2-3,6,13-14,16,18-19H,4-5,7-9H2,1H3. The zero-order valence-corrected chi connectivity index (χ0v) is 12.3. The lowest BCUT2D eigenvalue weighted by Crippen LogP contribution is -2.25. The van der Waals surface area contributed by atoms with Crippen LogP contribution in [0.4, 0.5) is 5.69 Å². The molecule has 112 valence electrons. The van der Waals surface area contributed by atoms with Gasteiger partial charge in [0.1, 0.15) is 0 Å². The summed E-state index contributed by atoms with van der Waals surface area (Å²) in [7, 11) is 1.67. The van der Waals surface area contributed by atoms with Crippen LogP contribution < -0.4 is 10.2 Å². The average molecular weight is 301 g/mol. The summed E-state index contributed by atoms with van der Waals surface area (Å²) in [5, 5.41) is 23.3. The molecule has 6 heteroatoms. The highest BCUT2D eigenvalue weighted by atomic mass is 35.5. The highest BCUT2D eigenvalue weighted by molar-refractivity contribution is 6.30. The fourth-order valence-electron chi connectivity index (χ4n) is 2.37. The molecule has 0 amide bonds. The number of hydrogen-bond donors (Lipinski definition) is 3. The van der Waals surface area contributed by atoms with Crippen LogP contribution >= 0.6 is 11.6 Å². The van der Waals surface area contributed by atoms with Crippen LogP contribution in [0.15, 0.2) is 18.2 Å². The van der Waals surface area contributed by atoms with Gasteiger partial charge in [0.2, 0.25) is 0 Å². The minimum Gasteiger partial charge on any atom is -0.389 e. The molecule has 5 nitrogen and oxygen atoms in total. The molecule has 1 aliphatic heterocycles. The molecule has 1 fully saturated rings. The number of nitrogens with one attached hydrogen (secondary N) is 1. The zero-order chi connectivity index (χ0) is 14.5. The largest absolute Gasteiger partial charge is 0.389 e. The number of methoxy groups -OCH3 is 1. The van der Waals surface area contributed by atoms with Gasteiger partial charge in [0.05, 0.1) is 18.8 Å². The maximum absolute atomic E-state index is 9.67. The van der Waals surface area contributed by atoms with E-state index in [2.05, 4.69) is 5.32 Å². The number of anilines is 1. The molecule has 0 aromatic heterocycles. The van der Waals surface area contributed by atoms with Crippen molar-refractivity contribution in [2.45, 2.75) is 18.8 Å². The van der Waals surface area contributed by atoms with Crippen molar-refractivity contribution in [3.05, 3.63) is 28.8 Å². The van der Waals surface area contributed by atoms with Crippen LogP contribution in [0.1, 0.15) is 5.56 Å². The predicted octanol–water partition coefficient (Wildman–Crippen LogP) is 0.618. The number of aliphatic hydroxyl groups excluding tert-OH is 2.